The number of halogens is 2. The summed E-state index contributed by atoms with van der Waals surface area (Å²) >= 11 is 2.96. The molecule has 1 rings (SSSR count). The molecular weight excluding hydrogens is 341 g/mol. The molecule has 106 valence electrons. The van der Waals surface area contributed by atoms with Crippen molar-refractivity contribution in [1.29, 1.82) is 0 Å². The average molecular weight is 354 g/mol. The molecule has 0 saturated heterocycles. The molecule has 1 aromatic rings. The van der Waals surface area contributed by atoms with Gasteiger partial charge in [0.25, 0.3) is 0 Å². The minimum atomic E-state index is -3.91. The van der Waals surface area contributed by atoms with E-state index < -0.39 is 33.8 Å². The zero-order valence-corrected chi connectivity index (χ0v) is 12.6. The maximum absolute atomic E-state index is 12.9. The Morgan fingerprint density at radius 1 is 1.42 bits per heavy atom. The largest absolute Gasteiger partial charge is 0.481 e. The number of benzene rings is 1. The number of nitrogens with one attached hydrogen (secondary N) is 1. The van der Waals surface area contributed by atoms with E-state index >= 15 is 0 Å². The van der Waals surface area contributed by atoms with E-state index in [9.17, 15) is 17.6 Å². The van der Waals surface area contributed by atoms with Crippen LogP contribution in [0, 0.1) is 11.7 Å². The molecule has 8 heteroatoms. The molecule has 2 N–H and O–H groups in total. The van der Waals surface area contributed by atoms with E-state index in [4.69, 9.17) is 5.11 Å². The van der Waals surface area contributed by atoms with Gasteiger partial charge in [-0.15, -0.1) is 0 Å². The van der Waals surface area contributed by atoms with Crippen molar-refractivity contribution in [3.63, 3.8) is 0 Å². The summed E-state index contributed by atoms with van der Waals surface area (Å²) in [5.74, 6) is -2.56. The second-order valence-electron chi connectivity index (χ2n) is 4.11. The van der Waals surface area contributed by atoms with Gasteiger partial charge in [0.05, 0.1) is 10.8 Å². The molecule has 5 nitrogen and oxygen atoms in total. The van der Waals surface area contributed by atoms with Crippen LogP contribution in [0.5, 0.6) is 0 Å². The van der Waals surface area contributed by atoms with E-state index in [-0.39, 0.29) is 9.37 Å². The van der Waals surface area contributed by atoms with E-state index in [1.165, 1.54) is 13.8 Å². The second kappa shape index (κ2) is 5.98. The van der Waals surface area contributed by atoms with Crippen LogP contribution in [0.3, 0.4) is 0 Å². The third-order valence-corrected chi connectivity index (χ3v) is 5.20. The maximum Gasteiger partial charge on any atom is 0.307 e. The van der Waals surface area contributed by atoms with Crippen molar-refractivity contribution >= 4 is 31.9 Å². The predicted molar refractivity (Wildman–Crippen MR) is 70.7 cm³/mol. The van der Waals surface area contributed by atoms with Crippen LogP contribution in [0.2, 0.25) is 0 Å². The summed E-state index contributed by atoms with van der Waals surface area (Å²) in [4.78, 5) is 10.6. The first-order valence-electron chi connectivity index (χ1n) is 5.35. The second-order valence-corrected chi connectivity index (χ2v) is 6.65. The van der Waals surface area contributed by atoms with Gasteiger partial charge in [0.15, 0.2) is 0 Å². The zero-order chi connectivity index (χ0) is 14.8. The van der Waals surface area contributed by atoms with Crippen LogP contribution in [-0.4, -0.2) is 25.5 Å². The smallest absolute Gasteiger partial charge is 0.307 e. The van der Waals surface area contributed by atoms with Crippen LogP contribution in [-0.2, 0) is 14.8 Å². The number of hydrogen-bond acceptors (Lipinski definition) is 3. The van der Waals surface area contributed by atoms with E-state index in [0.29, 0.717) is 0 Å². The standard InChI is InChI=1S/C11H13BrFNO4S/c1-6(11(15)16)7(2)14-19(17,18)10-4-3-8(13)5-9(10)12/h3-7,14H,1-2H3,(H,15,16). The highest BCUT2D eigenvalue weighted by Crippen LogP contribution is 2.23. The van der Waals surface area contributed by atoms with Gasteiger partial charge in [-0.05, 0) is 41.1 Å². The van der Waals surface area contributed by atoms with Crippen molar-refractivity contribution in [2.24, 2.45) is 5.92 Å². The number of carbonyl (C=O) groups is 1. The first kappa shape index (κ1) is 16.1. The molecule has 0 aliphatic heterocycles. The molecule has 0 spiro atoms. The predicted octanol–water partition coefficient (Wildman–Crippen LogP) is 1.98. The highest BCUT2D eigenvalue weighted by Gasteiger charge is 2.26. The SMILES string of the molecule is CC(NS(=O)(=O)c1ccc(F)cc1Br)C(C)C(=O)O. The first-order chi connectivity index (χ1) is 8.65. The summed E-state index contributed by atoms with van der Waals surface area (Å²) in [7, 11) is -3.91. The maximum atomic E-state index is 12.9. The third-order valence-electron chi connectivity index (χ3n) is 2.66. The Morgan fingerprint density at radius 2 is 2.00 bits per heavy atom. The first-order valence-corrected chi connectivity index (χ1v) is 7.63. The van der Waals surface area contributed by atoms with E-state index in [2.05, 4.69) is 20.7 Å². The molecule has 0 aliphatic carbocycles. The summed E-state index contributed by atoms with van der Waals surface area (Å²) in [5.41, 5.74) is 0. The van der Waals surface area contributed by atoms with Gasteiger partial charge in [-0.25, -0.2) is 17.5 Å². The van der Waals surface area contributed by atoms with Gasteiger partial charge in [-0.1, -0.05) is 6.92 Å². The van der Waals surface area contributed by atoms with Crippen LogP contribution in [0.25, 0.3) is 0 Å². The number of carboxylic acids is 1. The Labute approximate surface area is 119 Å². The highest BCUT2D eigenvalue weighted by molar-refractivity contribution is 9.10. The molecule has 0 aromatic heterocycles. The Bertz CT molecular complexity index is 590. The fourth-order valence-electron chi connectivity index (χ4n) is 1.32. The number of carboxylic acid groups (broad SMARTS) is 1. The van der Waals surface area contributed by atoms with Gasteiger partial charge in [0.2, 0.25) is 10.0 Å². The van der Waals surface area contributed by atoms with Gasteiger partial charge in [0, 0.05) is 10.5 Å². The number of aliphatic carboxylic acids is 1. The normalized spacial score (nSPS) is 14.9. The van der Waals surface area contributed by atoms with Crippen molar-refractivity contribution in [1.82, 2.24) is 4.72 Å². The van der Waals surface area contributed by atoms with Crippen LogP contribution in [0.4, 0.5) is 4.39 Å². The monoisotopic (exact) mass is 353 g/mol. The number of sulfonamides is 1. The summed E-state index contributed by atoms with van der Waals surface area (Å²) in [6.07, 6.45) is 0. The van der Waals surface area contributed by atoms with Gasteiger partial charge in [0.1, 0.15) is 5.82 Å². The van der Waals surface area contributed by atoms with Crippen LogP contribution in [0.15, 0.2) is 27.6 Å². The summed E-state index contributed by atoms with van der Waals surface area (Å²) in [6.45, 7) is 2.85. The summed E-state index contributed by atoms with van der Waals surface area (Å²) in [5, 5.41) is 8.82. The molecular formula is C11H13BrFNO4S. The van der Waals surface area contributed by atoms with E-state index in [1.54, 1.807) is 0 Å². The molecule has 19 heavy (non-hydrogen) atoms. The third kappa shape index (κ3) is 3.99. The highest BCUT2D eigenvalue weighted by atomic mass is 79.9. The van der Waals surface area contributed by atoms with E-state index in [0.717, 1.165) is 18.2 Å². The quantitative estimate of drug-likeness (QED) is 0.847. The molecule has 0 heterocycles. The van der Waals surface area contributed by atoms with Crippen LogP contribution in [0.1, 0.15) is 13.8 Å². The Hall–Kier alpha value is -0.990. The van der Waals surface area contributed by atoms with Gasteiger partial charge in [-0.2, -0.15) is 0 Å². The van der Waals surface area contributed by atoms with Crippen molar-refractivity contribution in [2.75, 3.05) is 0 Å². The fraction of sp³-hybridized carbons (Fsp3) is 0.364. The lowest BCUT2D eigenvalue weighted by atomic mass is 10.1. The molecule has 1 aromatic carbocycles. The number of hydrogen-bond donors (Lipinski definition) is 2. The van der Waals surface area contributed by atoms with Crippen molar-refractivity contribution in [2.45, 2.75) is 24.8 Å². The molecule has 2 unspecified atom stereocenters. The molecule has 0 fully saturated rings. The topological polar surface area (TPSA) is 83.5 Å². The minimum Gasteiger partial charge on any atom is -0.481 e. The lowest BCUT2D eigenvalue weighted by Crippen LogP contribution is -2.40. The fourth-order valence-corrected chi connectivity index (χ4v) is 3.69. The minimum absolute atomic E-state index is 0.0789. The Kier molecular flexibility index (Phi) is 5.05. The van der Waals surface area contributed by atoms with Crippen LogP contribution < -0.4 is 4.72 Å². The van der Waals surface area contributed by atoms with Crippen LogP contribution >= 0.6 is 15.9 Å². The Balaban J connectivity index is 3.02. The van der Waals surface area contributed by atoms with Gasteiger partial charge >= 0.3 is 5.97 Å². The zero-order valence-electron chi connectivity index (χ0n) is 10.2. The molecule has 0 aliphatic rings. The van der Waals surface area contributed by atoms with Crippen molar-refractivity contribution < 1.29 is 22.7 Å². The Morgan fingerprint density at radius 3 is 2.47 bits per heavy atom. The van der Waals surface area contributed by atoms with E-state index in [1.807, 2.05) is 0 Å². The van der Waals surface area contributed by atoms with Gasteiger partial charge < -0.3 is 5.11 Å². The van der Waals surface area contributed by atoms with Crippen molar-refractivity contribution in [3.05, 3.63) is 28.5 Å². The molecule has 0 bridgehead atoms. The van der Waals surface area contributed by atoms with Gasteiger partial charge in [-0.3, -0.25) is 4.79 Å². The molecule has 0 amide bonds. The average Bonchev–Trinajstić information content (AvgIpc) is 2.26. The summed E-state index contributed by atoms with van der Waals surface area (Å²) in [6, 6.07) is 2.36. The lowest BCUT2D eigenvalue weighted by Gasteiger charge is -2.18. The summed E-state index contributed by atoms with van der Waals surface area (Å²) < 4.78 is 39.3. The molecule has 0 saturated carbocycles. The molecule has 0 radical (unpaired) electrons. The number of rotatable bonds is 5. The molecule has 2 atom stereocenters. The lowest BCUT2D eigenvalue weighted by molar-refractivity contribution is -0.141. The van der Waals surface area contributed by atoms with Crippen molar-refractivity contribution in [3.8, 4) is 0 Å².